The van der Waals surface area contributed by atoms with Crippen molar-refractivity contribution in [3.8, 4) is 0 Å². The fourth-order valence-electron chi connectivity index (χ4n) is 4.51. The molecule has 1 aliphatic carbocycles. The Bertz CT molecular complexity index is 1190. The van der Waals surface area contributed by atoms with E-state index in [1.165, 1.54) is 25.3 Å². The zero-order chi connectivity index (χ0) is 21.4. The van der Waals surface area contributed by atoms with Crippen LogP contribution in [-0.2, 0) is 6.42 Å². The van der Waals surface area contributed by atoms with E-state index in [0.29, 0.717) is 36.6 Å². The van der Waals surface area contributed by atoms with E-state index in [9.17, 15) is 14.0 Å². The molecule has 1 amide bonds. The lowest BCUT2D eigenvalue weighted by Crippen LogP contribution is -2.44. The van der Waals surface area contributed by atoms with Gasteiger partial charge in [-0.1, -0.05) is 30.7 Å². The summed E-state index contributed by atoms with van der Waals surface area (Å²) in [5.41, 5.74) is 1.31. The molecule has 0 spiro atoms. The van der Waals surface area contributed by atoms with Crippen molar-refractivity contribution in [2.24, 2.45) is 0 Å². The molecular weight excluding hydrogens is 395 g/mol. The number of aromatic nitrogens is 2. The van der Waals surface area contributed by atoms with Gasteiger partial charge in [0.25, 0.3) is 11.5 Å². The van der Waals surface area contributed by atoms with E-state index in [1.54, 1.807) is 29.2 Å². The largest absolute Gasteiger partial charge is 0.337 e. The third-order valence-corrected chi connectivity index (χ3v) is 6.46. The van der Waals surface area contributed by atoms with Gasteiger partial charge in [0, 0.05) is 37.0 Å². The number of hydrogen-bond acceptors (Lipinski definition) is 4. The van der Waals surface area contributed by atoms with Crippen LogP contribution < -0.4 is 10.9 Å². The van der Waals surface area contributed by atoms with Gasteiger partial charge in [-0.2, -0.15) is 5.10 Å². The molecule has 7 heteroatoms. The van der Waals surface area contributed by atoms with E-state index in [1.807, 2.05) is 12.1 Å². The molecule has 0 radical (unpaired) electrons. The summed E-state index contributed by atoms with van der Waals surface area (Å²) in [7, 11) is 0. The van der Waals surface area contributed by atoms with Crippen LogP contribution in [0.25, 0.3) is 10.8 Å². The minimum atomic E-state index is -0.511. The molecule has 0 bridgehead atoms. The number of H-pyrrole nitrogens is 1. The Kier molecular flexibility index (Phi) is 5.28. The lowest BCUT2D eigenvalue weighted by molar-refractivity contribution is 0.0783. The number of fused-ring (bicyclic) bond motifs is 1. The van der Waals surface area contributed by atoms with Crippen molar-refractivity contribution in [2.75, 3.05) is 13.1 Å². The highest BCUT2D eigenvalue weighted by molar-refractivity contribution is 5.95. The summed E-state index contributed by atoms with van der Waals surface area (Å²) in [5.74, 6) is -0.778. The fraction of sp³-hybridized carbons (Fsp3) is 0.375. The normalized spacial score (nSPS) is 19.0. The average molecular weight is 420 g/mol. The van der Waals surface area contributed by atoms with Crippen molar-refractivity contribution in [1.82, 2.24) is 20.4 Å². The molecule has 2 aromatic carbocycles. The van der Waals surface area contributed by atoms with Crippen molar-refractivity contribution < 1.29 is 9.18 Å². The molecule has 1 aliphatic heterocycles. The highest BCUT2D eigenvalue weighted by Gasteiger charge is 2.31. The second kappa shape index (κ2) is 8.23. The van der Waals surface area contributed by atoms with E-state index >= 15 is 0 Å². The van der Waals surface area contributed by atoms with Gasteiger partial charge in [0.15, 0.2) is 0 Å². The minimum Gasteiger partial charge on any atom is -0.337 e. The summed E-state index contributed by atoms with van der Waals surface area (Å²) in [6.07, 6.45) is 4.97. The van der Waals surface area contributed by atoms with Crippen LogP contribution in [0.15, 0.2) is 47.3 Å². The second-order valence-electron chi connectivity index (χ2n) is 8.57. The van der Waals surface area contributed by atoms with Crippen molar-refractivity contribution in [3.05, 3.63) is 75.5 Å². The number of hydrogen-bond donors (Lipinski definition) is 2. The number of rotatable bonds is 5. The van der Waals surface area contributed by atoms with Gasteiger partial charge in [-0.15, -0.1) is 0 Å². The Morgan fingerprint density at radius 2 is 1.94 bits per heavy atom. The van der Waals surface area contributed by atoms with Gasteiger partial charge in [0.2, 0.25) is 0 Å². The highest BCUT2D eigenvalue weighted by Crippen LogP contribution is 2.23. The Morgan fingerprint density at radius 3 is 2.71 bits per heavy atom. The van der Waals surface area contributed by atoms with Crippen molar-refractivity contribution in [1.29, 1.82) is 0 Å². The zero-order valence-corrected chi connectivity index (χ0v) is 17.2. The number of aromatic amines is 1. The molecule has 0 unspecified atom stereocenters. The third kappa shape index (κ3) is 3.97. The maximum Gasteiger partial charge on any atom is 0.272 e. The molecule has 6 nitrogen and oxygen atoms in total. The second-order valence-corrected chi connectivity index (χ2v) is 8.57. The molecule has 31 heavy (non-hydrogen) atoms. The van der Waals surface area contributed by atoms with Gasteiger partial charge < -0.3 is 10.2 Å². The van der Waals surface area contributed by atoms with Crippen LogP contribution in [0.2, 0.25) is 0 Å². The van der Waals surface area contributed by atoms with Crippen LogP contribution in [0.4, 0.5) is 4.39 Å². The van der Waals surface area contributed by atoms with E-state index in [2.05, 4.69) is 15.5 Å². The van der Waals surface area contributed by atoms with Crippen molar-refractivity contribution in [2.45, 2.75) is 44.2 Å². The van der Waals surface area contributed by atoms with E-state index in [0.717, 1.165) is 17.4 Å². The van der Waals surface area contributed by atoms with Gasteiger partial charge in [-0.3, -0.25) is 9.59 Å². The first-order chi connectivity index (χ1) is 15.1. The van der Waals surface area contributed by atoms with Gasteiger partial charge in [0.1, 0.15) is 5.82 Å². The first-order valence-electron chi connectivity index (χ1n) is 10.9. The smallest absolute Gasteiger partial charge is 0.272 e. The van der Waals surface area contributed by atoms with Crippen LogP contribution in [0, 0.1) is 5.82 Å². The molecule has 1 saturated heterocycles. The average Bonchev–Trinajstić information content (AvgIpc) is 3.23. The van der Waals surface area contributed by atoms with Crippen LogP contribution in [0.1, 0.15) is 47.3 Å². The topological polar surface area (TPSA) is 78.1 Å². The van der Waals surface area contributed by atoms with Crippen LogP contribution in [0.3, 0.4) is 0 Å². The lowest BCUT2D eigenvalue weighted by atomic mass is 9.92. The summed E-state index contributed by atoms with van der Waals surface area (Å²) in [6, 6.07) is 12.7. The number of benzene rings is 2. The molecule has 2 N–H and O–H groups in total. The van der Waals surface area contributed by atoms with Crippen LogP contribution in [0.5, 0.6) is 0 Å². The highest BCUT2D eigenvalue weighted by atomic mass is 19.1. The third-order valence-electron chi connectivity index (χ3n) is 6.46. The molecule has 2 heterocycles. The molecular formula is C24H25FN4O2. The lowest BCUT2D eigenvalue weighted by Gasteiger charge is -2.29. The molecule has 2 fully saturated rings. The molecule has 1 aromatic heterocycles. The number of likely N-dealkylation sites (tertiary alicyclic amines) is 1. The molecule has 1 saturated carbocycles. The number of nitrogens with one attached hydrogen (secondary N) is 2. The first kappa shape index (κ1) is 19.9. The van der Waals surface area contributed by atoms with Crippen LogP contribution in [-0.4, -0.2) is 46.2 Å². The SMILES string of the molecule is O=C(c1cc(Cc2n[nH]c(=O)c3ccccc23)ccc1F)N1CC[C@@H](NC2CCC2)C1. The molecule has 2 aliphatic rings. The summed E-state index contributed by atoms with van der Waals surface area (Å²) in [4.78, 5) is 26.8. The first-order valence-corrected chi connectivity index (χ1v) is 10.9. The molecule has 160 valence electrons. The monoisotopic (exact) mass is 420 g/mol. The quantitative estimate of drug-likeness (QED) is 0.665. The maximum atomic E-state index is 14.6. The Balaban J connectivity index is 1.35. The Hall–Kier alpha value is -3.06. The van der Waals surface area contributed by atoms with E-state index < -0.39 is 5.82 Å². The molecule has 5 rings (SSSR count). The number of halogens is 1. The standard InChI is InChI=1S/C24H25FN4O2/c25-21-9-8-15(13-22-18-6-1-2-7-19(18)23(30)28-27-22)12-20(21)24(31)29-11-10-17(14-29)26-16-4-3-5-16/h1-2,6-9,12,16-17,26H,3-5,10-11,13-14H2,(H,28,30)/t17-/m1/s1. The number of amides is 1. The Morgan fingerprint density at radius 1 is 1.13 bits per heavy atom. The predicted molar refractivity (Wildman–Crippen MR) is 117 cm³/mol. The summed E-state index contributed by atoms with van der Waals surface area (Å²) in [5, 5.41) is 11.6. The zero-order valence-electron chi connectivity index (χ0n) is 17.2. The fourth-order valence-corrected chi connectivity index (χ4v) is 4.51. The molecule has 3 aromatic rings. The summed E-state index contributed by atoms with van der Waals surface area (Å²) >= 11 is 0. The van der Waals surface area contributed by atoms with Crippen molar-refractivity contribution in [3.63, 3.8) is 0 Å². The number of carbonyl (C=O) groups is 1. The van der Waals surface area contributed by atoms with E-state index in [4.69, 9.17) is 0 Å². The van der Waals surface area contributed by atoms with Gasteiger partial charge >= 0.3 is 0 Å². The predicted octanol–water partition coefficient (Wildman–Crippen LogP) is 3.01. The maximum absolute atomic E-state index is 14.6. The van der Waals surface area contributed by atoms with Gasteiger partial charge in [-0.05, 0) is 43.0 Å². The summed E-state index contributed by atoms with van der Waals surface area (Å²) < 4.78 is 14.6. The molecule has 1 atom stereocenters. The van der Waals surface area contributed by atoms with E-state index in [-0.39, 0.29) is 23.1 Å². The number of carbonyl (C=O) groups excluding carboxylic acids is 1. The van der Waals surface area contributed by atoms with Crippen molar-refractivity contribution >= 4 is 16.7 Å². The van der Waals surface area contributed by atoms with Gasteiger partial charge in [0.05, 0.1) is 16.6 Å². The summed E-state index contributed by atoms with van der Waals surface area (Å²) in [6.45, 7) is 1.25. The van der Waals surface area contributed by atoms with Crippen LogP contribution >= 0.6 is 0 Å². The Labute approximate surface area is 179 Å². The van der Waals surface area contributed by atoms with Gasteiger partial charge in [-0.25, -0.2) is 9.49 Å². The minimum absolute atomic E-state index is 0.0931. The number of nitrogens with zero attached hydrogens (tertiary/aromatic N) is 2.